The van der Waals surface area contributed by atoms with Crippen molar-refractivity contribution in [3.8, 4) is 5.75 Å². The molecule has 1 aromatic carbocycles. The molecule has 0 aliphatic carbocycles. The first-order valence-corrected chi connectivity index (χ1v) is 8.32. The van der Waals surface area contributed by atoms with Crippen molar-refractivity contribution in [1.82, 2.24) is 9.88 Å². The number of nitrogens with zero attached hydrogens (tertiary/aromatic N) is 2. The Kier molecular flexibility index (Phi) is 5.92. The third kappa shape index (κ3) is 3.91. The largest absolute Gasteiger partial charge is 0.496 e. The van der Waals surface area contributed by atoms with Crippen LogP contribution in [-0.2, 0) is 11.3 Å². The molecule has 1 amide bonds. The molecule has 128 valence electrons. The van der Waals surface area contributed by atoms with Crippen LogP contribution in [0.2, 0.25) is 0 Å². The summed E-state index contributed by atoms with van der Waals surface area (Å²) in [6.07, 6.45) is 0. The monoisotopic (exact) mass is 348 g/mol. The maximum absolute atomic E-state index is 12.9. The number of carbonyl (C=O) groups excluding carboxylic acids is 2. The molecule has 1 heterocycles. The van der Waals surface area contributed by atoms with Gasteiger partial charge in [-0.05, 0) is 26.0 Å². The molecule has 0 fully saturated rings. The maximum Gasteiger partial charge on any atom is 0.357 e. The SMILES string of the molecule is COC(=O)c1csc(CN(C(=O)c2ccccc2OC)C(C)C)n1. The predicted molar refractivity (Wildman–Crippen MR) is 91.5 cm³/mol. The molecule has 6 nitrogen and oxygen atoms in total. The van der Waals surface area contributed by atoms with Gasteiger partial charge in [0.1, 0.15) is 10.8 Å². The smallest absolute Gasteiger partial charge is 0.357 e. The molecule has 0 aliphatic heterocycles. The third-order valence-corrected chi connectivity index (χ3v) is 4.31. The molecule has 0 spiro atoms. The van der Waals surface area contributed by atoms with Gasteiger partial charge in [0.2, 0.25) is 0 Å². The van der Waals surface area contributed by atoms with Crippen LogP contribution in [-0.4, -0.2) is 42.0 Å². The van der Waals surface area contributed by atoms with E-state index >= 15 is 0 Å². The van der Waals surface area contributed by atoms with E-state index in [2.05, 4.69) is 9.72 Å². The van der Waals surface area contributed by atoms with Crippen LogP contribution in [0, 0.1) is 0 Å². The molecule has 0 saturated heterocycles. The molecule has 0 unspecified atom stereocenters. The molecule has 0 radical (unpaired) electrons. The minimum absolute atomic E-state index is 0.0344. The Morgan fingerprint density at radius 3 is 2.58 bits per heavy atom. The summed E-state index contributed by atoms with van der Waals surface area (Å²) in [4.78, 5) is 30.3. The highest BCUT2D eigenvalue weighted by Crippen LogP contribution is 2.22. The number of benzene rings is 1. The highest BCUT2D eigenvalue weighted by Gasteiger charge is 2.23. The molecular formula is C17H20N2O4S. The quantitative estimate of drug-likeness (QED) is 0.751. The Bertz CT molecular complexity index is 727. The van der Waals surface area contributed by atoms with Crippen molar-refractivity contribution in [2.45, 2.75) is 26.4 Å². The highest BCUT2D eigenvalue weighted by atomic mass is 32.1. The van der Waals surface area contributed by atoms with Crippen molar-refractivity contribution >= 4 is 23.2 Å². The fraction of sp³-hybridized carbons (Fsp3) is 0.353. The number of aromatic nitrogens is 1. The number of para-hydroxylation sites is 1. The van der Waals surface area contributed by atoms with Gasteiger partial charge in [-0.2, -0.15) is 0 Å². The van der Waals surface area contributed by atoms with E-state index in [1.807, 2.05) is 19.9 Å². The number of hydrogen-bond acceptors (Lipinski definition) is 6. The zero-order valence-electron chi connectivity index (χ0n) is 14.1. The van der Waals surface area contributed by atoms with Crippen LogP contribution in [0.4, 0.5) is 0 Å². The number of thiazole rings is 1. The zero-order valence-corrected chi connectivity index (χ0v) is 14.9. The second-order valence-corrected chi connectivity index (χ2v) is 6.29. The van der Waals surface area contributed by atoms with Gasteiger partial charge in [-0.25, -0.2) is 9.78 Å². The zero-order chi connectivity index (χ0) is 17.7. The maximum atomic E-state index is 12.9. The summed E-state index contributed by atoms with van der Waals surface area (Å²) in [6.45, 7) is 4.18. The Labute approximate surface area is 145 Å². The van der Waals surface area contributed by atoms with Crippen molar-refractivity contribution in [2.75, 3.05) is 14.2 Å². The first-order valence-electron chi connectivity index (χ1n) is 7.44. The molecule has 24 heavy (non-hydrogen) atoms. The Balaban J connectivity index is 2.25. The molecule has 0 bridgehead atoms. The summed E-state index contributed by atoms with van der Waals surface area (Å²) in [6, 6.07) is 7.07. The Morgan fingerprint density at radius 1 is 1.25 bits per heavy atom. The van der Waals surface area contributed by atoms with Crippen LogP contribution < -0.4 is 4.74 Å². The lowest BCUT2D eigenvalue weighted by Gasteiger charge is -2.26. The third-order valence-electron chi connectivity index (χ3n) is 3.47. The summed E-state index contributed by atoms with van der Waals surface area (Å²) in [5, 5.41) is 2.31. The first kappa shape index (κ1) is 17.9. The number of hydrogen-bond donors (Lipinski definition) is 0. The van der Waals surface area contributed by atoms with E-state index in [0.717, 1.165) is 0 Å². The van der Waals surface area contributed by atoms with E-state index < -0.39 is 5.97 Å². The van der Waals surface area contributed by atoms with Crippen LogP contribution in [0.15, 0.2) is 29.6 Å². The second kappa shape index (κ2) is 7.92. The van der Waals surface area contributed by atoms with Crippen LogP contribution in [0.5, 0.6) is 5.75 Å². The fourth-order valence-corrected chi connectivity index (χ4v) is 2.95. The van der Waals surface area contributed by atoms with E-state index in [1.54, 1.807) is 28.5 Å². The van der Waals surface area contributed by atoms with Gasteiger partial charge in [0.05, 0.1) is 26.3 Å². The lowest BCUT2D eigenvalue weighted by Crippen LogP contribution is -2.36. The van der Waals surface area contributed by atoms with Gasteiger partial charge in [0.15, 0.2) is 5.69 Å². The fourth-order valence-electron chi connectivity index (χ4n) is 2.19. The van der Waals surface area contributed by atoms with Gasteiger partial charge in [-0.1, -0.05) is 12.1 Å². The van der Waals surface area contributed by atoms with Gasteiger partial charge in [-0.3, -0.25) is 4.79 Å². The lowest BCUT2D eigenvalue weighted by atomic mass is 10.1. The van der Waals surface area contributed by atoms with Crippen molar-refractivity contribution in [3.63, 3.8) is 0 Å². The van der Waals surface area contributed by atoms with E-state index in [0.29, 0.717) is 22.9 Å². The molecule has 2 aromatic rings. The molecule has 0 N–H and O–H groups in total. The number of rotatable bonds is 6. The number of ether oxygens (including phenoxy) is 2. The first-order chi connectivity index (χ1) is 11.5. The average molecular weight is 348 g/mol. The number of esters is 1. The Hall–Kier alpha value is -2.41. The number of methoxy groups -OCH3 is 2. The number of carbonyl (C=O) groups is 2. The van der Waals surface area contributed by atoms with Crippen molar-refractivity contribution < 1.29 is 19.1 Å². The summed E-state index contributed by atoms with van der Waals surface area (Å²) < 4.78 is 9.93. The van der Waals surface area contributed by atoms with Gasteiger partial charge in [0.25, 0.3) is 5.91 Å². The molecule has 1 aromatic heterocycles. The standard InChI is InChI=1S/C17H20N2O4S/c1-11(2)19(9-15-18-13(10-24-15)17(21)23-4)16(20)12-7-5-6-8-14(12)22-3/h5-8,10-11H,9H2,1-4H3. The molecular weight excluding hydrogens is 328 g/mol. The highest BCUT2D eigenvalue weighted by molar-refractivity contribution is 7.09. The summed E-state index contributed by atoms with van der Waals surface area (Å²) in [5.41, 5.74) is 0.754. The van der Waals surface area contributed by atoms with E-state index in [9.17, 15) is 9.59 Å². The average Bonchev–Trinajstić information content (AvgIpc) is 3.06. The Morgan fingerprint density at radius 2 is 1.96 bits per heavy atom. The van der Waals surface area contributed by atoms with Crippen molar-refractivity contribution in [1.29, 1.82) is 0 Å². The van der Waals surface area contributed by atoms with E-state index in [1.165, 1.54) is 25.6 Å². The van der Waals surface area contributed by atoms with Gasteiger partial charge in [-0.15, -0.1) is 11.3 Å². The van der Waals surface area contributed by atoms with Gasteiger partial charge < -0.3 is 14.4 Å². The second-order valence-electron chi connectivity index (χ2n) is 5.35. The van der Waals surface area contributed by atoms with E-state index in [-0.39, 0.29) is 17.6 Å². The van der Waals surface area contributed by atoms with Crippen LogP contribution in [0.1, 0.15) is 39.7 Å². The molecule has 7 heteroatoms. The van der Waals surface area contributed by atoms with Crippen LogP contribution in [0.3, 0.4) is 0 Å². The van der Waals surface area contributed by atoms with Crippen molar-refractivity contribution in [2.24, 2.45) is 0 Å². The van der Waals surface area contributed by atoms with Gasteiger partial charge >= 0.3 is 5.97 Å². The number of amides is 1. The van der Waals surface area contributed by atoms with E-state index in [4.69, 9.17) is 4.74 Å². The topological polar surface area (TPSA) is 68.7 Å². The molecule has 2 rings (SSSR count). The minimum atomic E-state index is -0.482. The van der Waals surface area contributed by atoms with Crippen LogP contribution >= 0.6 is 11.3 Å². The minimum Gasteiger partial charge on any atom is -0.496 e. The molecule has 0 saturated carbocycles. The lowest BCUT2D eigenvalue weighted by molar-refractivity contribution is 0.0594. The predicted octanol–water partition coefficient (Wildman–Crippen LogP) is 2.99. The van der Waals surface area contributed by atoms with Crippen LogP contribution in [0.25, 0.3) is 0 Å². The van der Waals surface area contributed by atoms with Gasteiger partial charge in [0, 0.05) is 11.4 Å². The van der Waals surface area contributed by atoms with Crippen molar-refractivity contribution in [3.05, 3.63) is 45.9 Å². The summed E-state index contributed by atoms with van der Waals surface area (Å²) >= 11 is 1.32. The molecule has 0 aliphatic rings. The molecule has 0 atom stereocenters. The summed E-state index contributed by atoms with van der Waals surface area (Å²) in [5.74, 6) is -0.0931. The summed E-state index contributed by atoms with van der Waals surface area (Å²) in [7, 11) is 2.85. The normalized spacial score (nSPS) is 10.5.